The summed E-state index contributed by atoms with van der Waals surface area (Å²) in [5, 5.41) is 3.30. The van der Waals surface area contributed by atoms with Crippen LogP contribution in [0, 0.1) is 5.41 Å². The fourth-order valence-electron chi connectivity index (χ4n) is 2.79. The molecule has 1 saturated heterocycles. The van der Waals surface area contributed by atoms with Gasteiger partial charge in [-0.05, 0) is 38.1 Å². The minimum atomic E-state index is 0.297. The fourth-order valence-corrected chi connectivity index (χ4v) is 2.79. The molecule has 1 N–H and O–H groups in total. The molecule has 0 radical (unpaired) electrons. The molecule has 3 nitrogen and oxygen atoms in total. The highest BCUT2D eigenvalue weighted by molar-refractivity contribution is 5.77. The lowest BCUT2D eigenvalue weighted by Crippen LogP contribution is -2.37. The molecule has 0 aliphatic carbocycles. The number of carbonyl (C=O) groups excluding carboxylic acids is 1. The van der Waals surface area contributed by atoms with Gasteiger partial charge in [-0.3, -0.25) is 4.79 Å². The van der Waals surface area contributed by atoms with Crippen molar-refractivity contribution >= 4 is 5.91 Å². The summed E-state index contributed by atoms with van der Waals surface area (Å²) in [5.74, 6) is 0.322. The van der Waals surface area contributed by atoms with Crippen molar-refractivity contribution in [2.24, 2.45) is 5.41 Å². The van der Waals surface area contributed by atoms with Crippen LogP contribution in [-0.2, 0) is 4.79 Å². The molecule has 0 saturated carbocycles. The van der Waals surface area contributed by atoms with E-state index in [0.717, 1.165) is 19.6 Å². The van der Waals surface area contributed by atoms with E-state index >= 15 is 0 Å². The second-order valence-electron chi connectivity index (χ2n) is 5.44. The molecule has 0 aromatic carbocycles. The smallest absolute Gasteiger partial charge is 0.224 e. The van der Waals surface area contributed by atoms with Gasteiger partial charge >= 0.3 is 0 Å². The van der Waals surface area contributed by atoms with Crippen LogP contribution >= 0.6 is 0 Å². The maximum absolute atomic E-state index is 12.1. The molecular weight excluding hydrogens is 212 g/mol. The van der Waals surface area contributed by atoms with Crippen LogP contribution in [0.4, 0.5) is 0 Å². The van der Waals surface area contributed by atoms with Gasteiger partial charge in [0.2, 0.25) is 5.91 Å². The van der Waals surface area contributed by atoms with Gasteiger partial charge in [0.1, 0.15) is 0 Å². The molecule has 100 valence electrons. The third kappa shape index (κ3) is 3.70. The van der Waals surface area contributed by atoms with Crippen molar-refractivity contribution in [3.63, 3.8) is 0 Å². The number of carbonyl (C=O) groups is 1. The Balaban J connectivity index is 2.45. The van der Waals surface area contributed by atoms with Gasteiger partial charge in [0.25, 0.3) is 0 Å². The number of nitrogens with zero attached hydrogens (tertiary/aromatic N) is 1. The largest absolute Gasteiger partial charge is 0.342 e. The zero-order valence-electron chi connectivity index (χ0n) is 11.9. The molecule has 1 heterocycles. The van der Waals surface area contributed by atoms with Crippen molar-refractivity contribution < 1.29 is 4.79 Å². The molecule has 1 atom stereocenters. The maximum Gasteiger partial charge on any atom is 0.224 e. The molecule has 17 heavy (non-hydrogen) atoms. The number of hydrogen-bond acceptors (Lipinski definition) is 2. The number of rotatable bonds is 6. The number of nitrogens with one attached hydrogen (secondary N) is 1. The highest BCUT2D eigenvalue weighted by Crippen LogP contribution is 2.37. The van der Waals surface area contributed by atoms with Gasteiger partial charge in [-0.2, -0.15) is 0 Å². The molecule has 0 spiro atoms. The second-order valence-corrected chi connectivity index (χ2v) is 5.44. The predicted molar refractivity (Wildman–Crippen MR) is 72.0 cm³/mol. The summed E-state index contributed by atoms with van der Waals surface area (Å²) in [5.41, 5.74) is 0.400. The summed E-state index contributed by atoms with van der Waals surface area (Å²) >= 11 is 0. The minimum Gasteiger partial charge on any atom is -0.342 e. The Morgan fingerprint density at radius 3 is 2.47 bits per heavy atom. The Morgan fingerprint density at radius 1 is 1.35 bits per heavy atom. The summed E-state index contributed by atoms with van der Waals surface area (Å²) in [6.07, 6.45) is 4.20. The molecule has 0 aromatic rings. The van der Waals surface area contributed by atoms with Gasteiger partial charge in [0.15, 0.2) is 0 Å². The predicted octanol–water partition coefficient (Wildman–Crippen LogP) is 2.41. The van der Waals surface area contributed by atoms with Gasteiger partial charge in [-0.25, -0.2) is 0 Å². The maximum atomic E-state index is 12.1. The Labute approximate surface area is 106 Å². The first-order chi connectivity index (χ1) is 8.06. The van der Waals surface area contributed by atoms with Crippen molar-refractivity contribution in [1.29, 1.82) is 0 Å². The van der Waals surface area contributed by atoms with Crippen LogP contribution < -0.4 is 5.32 Å². The van der Waals surface area contributed by atoms with Crippen LogP contribution in [0.3, 0.4) is 0 Å². The van der Waals surface area contributed by atoms with Crippen molar-refractivity contribution in [3.8, 4) is 0 Å². The first-order valence-corrected chi connectivity index (χ1v) is 7.08. The molecule has 3 heteroatoms. The molecule has 1 unspecified atom stereocenters. The summed E-state index contributed by atoms with van der Waals surface area (Å²) in [7, 11) is 0. The third-order valence-corrected chi connectivity index (χ3v) is 4.32. The molecule has 1 aliphatic heterocycles. The van der Waals surface area contributed by atoms with E-state index < -0.39 is 0 Å². The van der Waals surface area contributed by atoms with Gasteiger partial charge in [-0.15, -0.1) is 0 Å². The van der Waals surface area contributed by atoms with Crippen LogP contribution in [-0.4, -0.2) is 36.5 Å². The highest BCUT2D eigenvalue weighted by atomic mass is 16.2. The first-order valence-electron chi connectivity index (χ1n) is 7.08. The Hall–Kier alpha value is -0.570. The Kier molecular flexibility index (Phi) is 5.44. The summed E-state index contributed by atoms with van der Waals surface area (Å²) in [4.78, 5) is 14.2. The normalized spacial score (nSPS) is 20.6. The third-order valence-electron chi connectivity index (χ3n) is 4.32. The lowest BCUT2D eigenvalue weighted by molar-refractivity contribution is -0.131. The summed E-state index contributed by atoms with van der Waals surface area (Å²) in [6.45, 7) is 11.5. The lowest BCUT2D eigenvalue weighted by atomic mass is 9.82. The van der Waals surface area contributed by atoms with E-state index in [9.17, 15) is 4.79 Å². The monoisotopic (exact) mass is 240 g/mol. The van der Waals surface area contributed by atoms with E-state index in [1.165, 1.54) is 19.3 Å². The van der Waals surface area contributed by atoms with E-state index in [1.807, 2.05) is 0 Å². The Bertz CT molecular complexity index is 249. The van der Waals surface area contributed by atoms with Crippen LogP contribution in [0.1, 0.15) is 53.4 Å². The number of hydrogen-bond donors (Lipinski definition) is 1. The van der Waals surface area contributed by atoms with Gasteiger partial charge in [0, 0.05) is 25.6 Å². The first kappa shape index (κ1) is 14.5. The topological polar surface area (TPSA) is 32.3 Å². The zero-order valence-corrected chi connectivity index (χ0v) is 11.9. The minimum absolute atomic E-state index is 0.297. The molecule has 1 aliphatic rings. The zero-order chi connectivity index (χ0) is 12.9. The van der Waals surface area contributed by atoms with Crippen molar-refractivity contribution in [2.45, 2.75) is 59.4 Å². The molecule has 1 amide bonds. The summed E-state index contributed by atoms with van der Waals surface area (Å²) in [6, 6.07) is 0.297. The number of amides is 1. The Morgan fingerprint density at radius 2 is 2.00 bits per heavy atom. The van der Waals surface area contributed by atoms with E-state index in [1.54, 1.807) is 0 Å². The molecule has 0 aromatic heterocycles. The van der Waals surface area contributed by atoms with Gasteiger partial charge < -0.3 is 10.2 Å². The van der Waals surface area contributed by atoms with Crippen molar-refractivity contribution in [2.75, 3.05) is 19.6 Å². The lowest BCUT2D eigenvalue weighted by Gasteiger charge is -2.26. The molecular formula is C14H28N2O. The van der Waals surface area contributed by atoms with Gasteiger partial charge in [-0.1, -0.05) is 20.8 Å². The van der Waals surface area contributed by atoms with E-state index in [0.29, 0.717) is 23.8 Å². The van der Waals surface area contributed by atoms with Crippen LogP contribution in [0.15, 0.2) is 0 Å². The van der Waals surface area contributed by atoms with Crippen LogP contribution in [0.5, 0.6) is 0 Å². The molecule has 1 rings (SSSR count). The highest BCUT2D eigenvalue weighted by Gasteiger charge is 2.36. The van der Waals surface area contributed by atoms with Crippen molar-refractivity contribution in [1.82, 2.24) is 10.2 Å². The average molecular weight is 240 g/mol. The molecule has 0 bridgehead atoms. The van der Waals surface area contributed by atoms with E-state index in [-0.39, 0.29) is 0 Å². The summed E-state index contributed by atoms with van der Waals surface area (Å²) < 4.78 is 0. The second kappa shape index (κ2) is 6.39. The SMILES string of the molecule is CCNC(C)CC(=O)N1CCC(CC)(CC)C1. The average Bonchev–Trinajstić information content (AvgIpc) is 2.74. The van der Waals surface area contributed by atoms with Gasteiger partial charge in [0.05, 0.1) is 0 Å². The standard InChI is InChI=1S/C14H28N2O/c1-5-14(6-2)8-9-16(11-14)13(17)10-12(4)15-7-3/h12,15H,5-11H2,1-4H3. The van der Waals surface area contributed by atoms with E-state index in [4.69, 9.17) is 0 Å². The molecule has 1 fully saturated rings. The van der Waals surface area contributed by atoms with Crippen LogP contribution in [0.25, 0.3) is 0 Å². The van der Waals surface area contributed by atoms with Crippen molar-refractivity contribution in [3.05, 3.63) is 0 Å². The quantitative estimate of drug-likeness (QED) is 0.773. The van der Waals surface area contributed by atoms with Crippen LogP contribution in [0.2, 0.25) is 0 Å². The van der Waals surface area contributed by atoms with E-state index in [2.05, 4.69) is 37.9 Å². The fraction of sp³-hybridized carbons (Fsp3) is 0.929. The number of likely N-dealkylation sites (tertiary alicyclic amines) is 1.